The second kappa shape index (κ2) is 11.0. The molecule has 10 nitrogen and oxygen atoms in total. The van der Waals surface area contributed by atoms with Crippen LogP contribution >= 0.6 is 12.4 Å². The Labute approximate surface area is 221 Å². The first-order valence-corrected chi connectivity index (χ1v) is 11.5. The molecule has 1 saturated heterocycles. The molecule has 0 aliphatic carbocycles. The van der Waals surface area contributed by atoms with Gasteiger partial charge >= 0.3 is 12.2 Å². The summed E-state index contributed by atoms with van der Waals surface area (Å²) in [6, 6.07) is 7.12. The highest BCUT2D eigenvalue weighted by atomic mass is 35.5. The predicted molar refractivity (Wildman–Crippen MR) is 135 cm³/mol. The van der Waals surface area contributed by atoms with Crippen molar-refractivity contribution in [1.82, 2.24) is 15.0 Å². The van der Waals surface area contributed by atoms with Crippen molar-refractivity contribution in [1.29, 1.82) is 0 Å². The summed E-state index contributed by atoms with van der Waals surface area (Å²) < 4.78 is 45.0. The molecular formula is C24H24ClF3N6O4. The first-order chi connectivity index (χ1) is 17.7. The predicted octanol–water partition coefficient (Wildman–Crippen LogP) is 3.34. The minimum atomic E-state index is -4.51. The Morgan fingerprint density at radius 2 is 2.05 bits per heavy atom. The average molecular weight is 553 g/mol. The van der Waals surface area contributed by atoms with Crippen molar-refractivity contribution in [3.63, 3.8) is 0 Å². The summed E-state index contributed by atoms with van der Waals surface area (Å²) in [4.78, 5) is 29.8. The molecule has 1 aromatic carbocycles. The number of aliphatic hydroxyl groups is 2. The number of halogens is 4. The monoisotopic (exact) mass is 552 g/mol. The van der Waals surface area contributed by atoms with Crippen LogP contribution in [-0.4, -0.2) is 69.6 Å². The standard InChI is InChI=1S/C24H23F3N6O4.ClH/c25-24(26,27)15-3-1-2-14(8-15)21-29-10-19-22(31-21)33(17-5-7-32(19)11-17)23(36)30-16-4-6-28-20(9-16)37-13-18(35)12-34;/h1-4,6,8-10,17-18,34-35H,5,7,11-13H2,(H,28,30,36);1H/t17?,18-;/m1./s1. The van der Waals surface area contributed by atoms with Gasteiger partial charge in [-0.15, -0.1) is 12.4 Å². The third-order valence-electron chi connectivity index (χ3n) is 6.13. The Bertz CT molecular complexity index is 1310. The maximum Gasteiger partial charge on any atom is 0.416 e. The number of ether oxygens (including phenoxy) is 1. The molecular weight excluding hydrogens is 529 g/mol. The van der Waals surface area contributed by atoms with Gasteiger partial charge in [0.1, 0.15) is 12.7 Å². The largest absolute Gasteiger partial charge is 0.475 e. The molecule has 0 saturated carbocycles. The van der Waals surface area contributed by atoms with Gasteiger partial charge in [0.25, 0.3) is 0 Å². The first-order valence-electron chi connectivity index (χ1n) is 11.5. The zero-order valence-electron chi connectivity index (χ0n) is 19.8. The number of alkyl halides is 3. The van der Waals surface area contributed by atoms with Crippen LogP contribution in [0.3, 0.4) is 0 Å². The van der Waals surface area contributed by atoms with Crippen LogP contribution in [0.5, 0.6) is 5.88 Å². The second-order valence-corrected chi connectivity index (χ2v) is 8.70. The van der Waals surface area contributed by atoms with E-state index in [-0.39, 0.29) is 42.3 Å². The smallest absolute Gasteiger partial charge is 0.416 e. The lowest BCUT2D eigenvalue weighted by molar-refractivity contribution is -0.137. The van der Waals surface area contributed by atoms with Crippen molar-refractivity contribution in [2.75, 3.05) is 41.4 Å². The average Bonchev–Trinajstić information content (AvgIpc) is 3.31. The summed E-state index contributed by atoms with van der Waals surface area (Å²) >= 11 is 0. The van der Waals surface area contributed by atoms with Crippen LogP contribution in [0, 0.1) is 0 Å². The van der Waals surface area contributed by atoms with Gasteiger partial charge in [-0.25, -0.2) is 19.7 Å². The molecule has 4 heterocycles. The van der Waals surface area contributed by atoms with E-state index in [0.717, 1.165) is 12.1 Å². The highest BCUT2D eigenvalue weighted by molar-refractivity contribution is 6.04. The molecule has 5 rings (SSSR count). The van der Waals surface area contributed by atoms with E-state index >= 15 is 0 Å². The number of urea groups is 1. The molecule has 2 bridgehead atoms. The van der Waals surface area contributed by atoms with Crippen LogP contribution in [0.25, 0.3) is 11.4 Å². The van der Waals surface area contributed by atoms with Gasteiger partial charge < -0.3 is 25.2 Å². The third kappa shape index (κ3) is 5.59. The number of hydrogen-bond acceptors (Lipinski definition) is 8. The van der Waals surface area contributed by atoms with Gasteiger partial charge in [0.15, 0.2) is 11.6 Å². The summed E-state index contributed by atoms with van der Waals surface area (Å²) in [5.41, 5.74) is 0.373. The molecule has 2 aromatic heterocycles. The number of nitrogens with one attached hydrogen (secondary N) is 1. The second-order valence-electron chi connectivity index (χ2n) is 8.70. The lowest BCUT2D eigenvalue weighted by Gasteiger charge is -2.35. The number of fused-ring (bicyclic) bond motifs is 4. The topological polar surface area (TPSA) is 124 Å². The molecule has 2 aliphatic rings. The Morgan fingerprint density at radius 1 is 1.24 bits per heavy atom. The van der Waals surface area contributed by atoms with Gasteiger partial charge in [0.05, 0.1) is 30.1 Å². The first kappa shape index (κ1) is 27.4. The molecule has 2 atom stereocenters. The van der Waals surface area contributed by atoms with Gasteiger partial charge in [-0.05, 0) is 24.6 Å². The number of benzene rings is 1. The van der Waals surface area contributed by atoms with Crippen molar-refractivity contribution >= 4 is 35.6 Å². The van der Waals surface area contributed by atoms with Crippen LogP contribution in [0.1, 0.15) is 12.0 Å². The number of aliphatic hydroxyl groups excluding tert-OH is 2. The molecule has 3 N–H and O–H groups in total. The fourth-order valence-corrected chi connectivity index (χ4v) is 4.33. The van der Waals surface area contributed by atoms with Gasteiger partial charge in [-0.1, -0.05) is 12.1 Å². The number of carbonyl (C=O) groups excluding carboxylic acids is 1. The molecule has 1 unspecified atom stereocenters. The minimum absolute atomic E-state index is 0. The Kier molecular flexibility index (Phi) is 7.90. The van der Waals surface area contributed by atoms with Crippen LogP contribution in [0.15, 0.2) is 48.8 Å². The van der Waals surface area contributed by atoms with Gasteiger partial charge in [0, 0.05) is 36.6 Å². The Morgan fingerprint density at radius 3 is 2.82 bits per heavy atom. The molecule has 14 heteroatoms. The van der Waals surface area contributed by atoms with E-state index in [9.17, 15) is 23.1 Å². The molecule has 1 fully saturated rings. The Hall–Kier alpha value is -3.68. The van der Waals surface area contributed by atoms with Gasteiger partial charge in [-0.2, -0.15) is 13.2 Å². The molecule has 0 radical (unpaired) electrons. The number of anilines is 3. The molecule has 2 amide bonds. The maximum atomic E-state index is 13.4. The zero-order valence-corrected chi connectivity index (χ0v) is 20.6. The lowest BCUT2D eigenvalue weighted by Crippen LogP contribution is -2.48. The minimum Gasteiger partial charge on any atom is -0.475 e. The molecule has 202 valence electrons. The Balaban J connectivity index is 0.00000336. The van der Waals surface area contributed by atoms with E-state index in [1.165, 1.54) is 35.5 Å². The van der Waals surface area contributed by atoms with E-state index in [0.29, 0.717) is 36.7 Å². The van der Waals surface area contributed by atoms with E-state index in [1.807, 2.05) is 4.90 Å². The number of hydrogen-bond donors (Lipinski definition) is 3. The molecule has 2 aliphatic heterocycles. The van der Waals surface area contributed by atoms with Crippen molar-refractivity contribution in [2.24, 2.45) is 0 Å². The van der Waals surface area contributed by atoms with E-state index in [2.05, 4.69) is 20.3 Å². The normalized spacial score (nSPS) is 16.9. The fourth-order valence-electron chi connectivity index (χ4n) is 4.33. The maximum absolute atomic E-state index is 13.4. The number of aromatic nitrogens is 3. The number of amides is 2. The van der Waals surface area contributed by atoms with Gasteiger partial charge in [0.2, 0.25) is 5.88 Å². The summed E-state index contributed by atoms with van der Waals surface area (Å²) in [6.45, 7) is 0.631. The van der Waals surface area contributed by atoms with Crippen LogP contribution in [0.4, 0.5) is 35.2 Å². The van der Waals surface area contributed by atoms with E-state index in [1.54, 1.807) is 6.07 Å². The number of carbonyl (C=O) groups is 1. The quantitative estimate of drug-likeness (QED) is 0.425. The van der Waals surface area contributed by atoms with Crippen molar-refractivity contribution in [2.45, 2.75) is 24.7 Å². The number of pyridine rings is 1. The van der Waals surface area contributed by atoms with Crippen LogP contribution in [-0.2, 0) is 6.18 Å². The number of rotatable bonds is 6. The highest BCUT2D eigenvalue weighted by Gasteiger charge is 2.41. The van der Waals surface area contributed by atoms with E-state index in [4.69, 9.17) is 9.84 Å². The molecule has 0 spiro atoms. The molecule has 3 aromatic rings. The summed E-state index contributed by atoms with van der Waals surface area (Å²) in [5.74, 6) is 0.531. The van der Waals surface area contributed by atoms with Crippen molar-refractivity contribution in [3.05, 3.63) is 54.4 Å². The van der Waals surface area contributed by atoms with E-state index < -0.39 is 30.5 Å². The lowest BCUT2D eigenvalue weighted by atomic mass is 10.1. The van der Waals surface area contributed by atoms with Gasteiger partial charge in [-0.3, -0.25) is 4.90 Å². The fraction of sp³-hybridized carbons (Fsp3) is 0.333. The summed E-state index contributed by atoms with van der Waals surface area (Å²) in [7, 11) is 0. The SMILES string of the molecule is Cl.O=C(Nc1ccnc(OC[C@H](O)CO)c1)N1c2nc(-c3cccc(C(F)(F)F)c3)ncc2N2CCC1C2. The molecule has 38 heavy (non-hydrogen) atoms. The van der Waals surface area contributed by atoms with Crippen molar-refractivity contribution < 1.29 is 32.9 Å². The van der Waals surface area contributed by atoms with Crippen molar-refractivity contribution in [3.8, 4) is 17.3 Å². The van der Waals surface area contributed by atoms with Crippen LogP contribution in [0.2, 0.25) is 0 Å². The highest BCUT2D eigenvalue weighted by Crippen LogP contribution is 2.40. The summed E-state index contributed by atoms with van der Waals surface area (Å²) in [5, 5.41) is 21.2. The third-order valence-corrected chi connectivity index (χ3v) is 6.13. The zero-order chi connectivity index (χ0) is 26.2. The van der Waals surface area contributed by atoms with Crippen LogP contribution < -0.4 is 19.9 Å². The number of nitrogens with zero attached hydrogens (tertiary/aromatic N) is 5. The summed E-state index contributed by atoms with van der Waals surface area (Å²) in [6.07, 6.45) is -1.94.